The number of hydrazone groups is 1. The summed E-state index contributed by atoms with van der Waals surface area (Å²) >= 11 is 5.93. The Kier molecular flexibility index (Phi) is 7.01. The van der Waals surface area contributed by atoms with E-state index in [-0.39, 0.29) is 0 Å². The number of methoxy groups -OCH3 is 3. The second-order valence-corrected chi connectivity index (χ2v) is 5.50. The molecular formula is C18H18ClN3O5. The number of hydrogen-bond donors (Lipinski definition) is 2. The highest BCUT2D eigenvalue weighted by Crippen LogP contribution is 2.37. The molecule has 2 aromatic rings. The highest BCUT2D eigenvalue weighted by atomic mass is 35.5. The first kappa shape index (κ1) is 20.1. The first-order valence-electron chi connectivity index (χ1n) is 7.69. The van der Waals surface area contributed by atoms with Gasteiger partial charge in [0.05, 0.1) is 38.3 Å². The molecule has 0 aromatic heterocycles. The molecule has 0 aliphatic rings. The molecule has 0 radical (unpaired) electrons. The number of ether oxygens (including phenoxy) is 3. The molecule has 0 saturated heterocycles. The molecule has 0 unspecified atom stereocenters. The predicted octanol–water partition coefficient (Wildman–Crippen LogP) is 2.45. The van der Waals surface area contributed by atoms with E-state index in [1.54, 1.807) is 36.4 Å². The van der Waals surface area contributed by atoms with Gasteiger partial charge < -0.3 is 19.5 Å². The topological polar surface area (TPSA) is 98.2 Å². The number of anilines is 1. The smallest absolute Gasteiger partial charge is 0.329 e. The molecule has 142 valence electrons. The number of amides is 2. The normalized spacial score (nSPS) is 10.4. The molecule has 2 aromatic carbocycles. The molecule has 0 saturated carbocycles. The van der Waals surface area contributed by atoms with Gasteiger partial charge in [0.1, 0.15) is 0 Å². The summed E-state index contributed by atoms with van der Waals surface area (Å²) in [5.74, 6) is -0.550. The summed E-state index contributed by atoms with van der Waals surface area (Å²) in [4.78, 5) is 23.7. The van der Waals surface area contributed by atoms with Gasteiger partial charge in [-0.1, -0.05) is 23.7 Å². The Bertz CT molecular complexity index is 845. The quantitative estimate of drug-likeness (QED) is 0.447. The molecule has 2 rings (SSSR count). The van der Waals surface area contributed by atoms with Crippen molar-refractivity contribution in [2.24, 2.45) is 5.10 Å². The van der Waals surface area contributed by atoms with Gasteiger partial charge in [-0.2, -0.15) is 5.10 Å². The second-order valence-electron chi connectivity index (χ2n) is 5.09. The van der Waals surface area contributed by atoms with Gasteiger partial charge in [0, 0.05) is 5.56 Å². The van der Waals surface area contributed by atoms with Crippen LogP contribution in [-0.4, -0.2) is 39.4 Å². The van der Waals surface area contributed by atoms with E-state index in [1.165, 1.54) is 27.5 Å². The van der Waals surface area contributed by atoms with E-state index in [0.717, 1.165) is 0 Å². The van der Waals surface area contributed by atoms with Gasteiger partial charge in [-0.15, -0.1) is 0 Å². The van der Waals surface area contributed by atoms with E-state index >= 15 is 0 Å². The molecule has 0 fully saturated rings. The first-order chi connectivity index (χ1) is 13.0. The Hall–Kier alpha value is -3.26. The van der Waals surface area contributed by atoms with Crippen molar-refractivity contribution >= 4 is 35.3 Å². The summed E-state index contributed by atoms with van der Waals surface area (Å²) in [6.07, 6.45) is 1.34. The fraction of sp³-hybridized carbons (Fsp3) is 0.167. The number of carbonyl (C=O) groups excluding carboxylic acids is 2. The Morgan fingerprint density at radius 2 is 1.63 bits per heavy atom. The lowest BCUT2D eigenvalue weighted by molar-refractivity contribution is -0.136. The lowest BCUT2D eigenvalue weighted by Crippen LogP contribution is -2.32. The summed E-state index contributed by atoms with van der Waals surface area (Å²) in [6, 6.07) is 9.84. The molecule has 8 nitrogen and oxygen atoms in total. The maximum absolute atomic E-state index is 11.9. The number of para-hydroxylation sites is 1. The van der Waals surface area contributed by atoms with Gasteiger partial charge in [0.15, 0.2) is 11.5 Å². The molecule has 0 heterocycles. The van der Waals surface area contributed by atoms with Crippen molar-refractivity contribution in [1.82, 2.24) is 5.43 Å². The zero-order chi connectivity index (χ0) is 19.8. The molecule has 2 N–H and O–H groups in total. The lowest BCUT2D eigenvalue weighted by Gasteiger charge is -2.12. The minimum atomic E-state index is -0.946. The van der Waals surface area contributed by atoms with E-state index in [1.807, 2.05) is 0 Å². The molecule has 9 heteroatoms. The van der Waals surface area contributed by atoms with Crippen LogP contribution < -0.4 is 25.0 Å². The number of nitrogens with one attached hydrogen (secondary N) is 2. The van der Waals surface area contributed by atoms with Crippen LogP contribution in [0.15, 0.2) is 41.5 Å². The van der Waals surface area contributed by atoms with Crippen LogP contribution in [0.5, 0.6) is 17.2 Å². The molecule has 0 aliphatic carbocycles. The maximum atomic E-state index is 11.9. The van der Waals surface area contributed by atoms with Crippen LogP contribution in [0.25, 0.3) is 0 Å². The van der Waals surface area contributed by atoms with Crippen molar-refractivity contribution in [3.8, 4) is 17.2 Å². The van der Waals surface area contributed by atoms with Crippen LogP contribution in [0.1, 0.15) is 5.56 Å². The summed E-state index contributed by atoms with van der Waals surface area (Å²) in [6.45, 7) is 0. The fourth-order valence-corrected chi connectivity index (χ4v) is 2.32. The Morgan fingerprint density at radius 1 is 1.00 bits per heavy atom. The standard InChI is InChI=1S/C18H18ClN3O5/c1-25-14-8-11(9-15(26-2)16(14)27-3)10-20-22-18(24)17(23)21-13-7-5-4-6-12(13)19/h4-10H,1-3H3,(H,21,23)(H,22,24)/b20-10+. The molecule has 2 amide bonds. The van der Waals surface area contributed by atoms with Crippen molar-refractivity contribution in [3.05, 3.63) is 47.0 Å². The van der Waals surface area contributed by atoms with Crippen LogP contribution in [0.4, 0.5) is 5.69 Å². The Morgan fingerprint density at radius 3 is 2.19 bits per heavy atom. The van der Waals surface area contributed by atoms with Crippen molar-refractivity contribution in [2.75, 3.05) is 26.6 Å². The third kappa shape index (κ3) is 5.11. The minimum absolute atomic E-state index is 0.319. The maximum Gasteiger partial charge on any atom is 0.329 e. The van der Waals surface area contributed by atoms with E-state index in [2.05, 4.69) is 15.8 Å². The lowest BCUT2D eigenvalue weighted by atomic mass is 10.2. The number of rotatable bonds is 6. The Labute approximate surface area is 161 Å². The number of carbonyl (C=O) groups is 2. The first-order valence-corrected chi connectivity index (χ1v) is 8.06. The van der Waals surface area contributed by atoms with Crippen LogP contribution in [-0.2, 0) is 9.59 Å². The highest BCUT2D eigenvalue weighted by molar-refractivity contribution is 6.41. The van der Waals surface area contributed by atoms with Crippen LogP contribution in [0.2, 0.25) is 5.02 Å². The molecular weight excluding hydrogens is 374 g/mol. The summed E-state index contributed by atoms with van der Waals surface area (Å²) in [5.41, 5.74) is 3.03. The highest BCUT2D eigenvalue weighted by Gasteiger charge is 2.15. The summed E-state index contributed by atoms with van der Waals surface area (Å²) in [5, 5.41) is 6.48. The molecule has 27 heavy (non-hydrogen) atoms. The molecule has 0 aliphatic heterocycles. The number of benzene rings is 2. The zero-order valence-corrected chi connectivity index (χ0v) is 15.7. The van der Waals surface area contributed by atoms with E-state index in [9.17, 15) is 9.59 Å². The van der Waals surface area contributed by atoms with Crippen molar-refractivity contribution in [2.45, 2.75) is 0 Å². The molecule has 0 bridgehead atoms. The number of halogens is 1. The van der Waals surface area contributed by atoms with Crippen LogP contribution in [0.3, 0.4) is 0 Å². The SMILES string of the molecule is COc1cc(/C=N/NC(=O)C(=O)Nc2ccccc2Cl)cc(OC)c1OC. The second kappa shape index (κ2) is 9.44. The van der Waals surface area contributed by atoms with Gasteiger partial charge in [-0.3, -0.25) is 9.59 Å². The third-order valence-corrected chi connectivity index (χ3v) is 3.72. The van der Waals surface area contributed by atoms with Gasteiger partial charge in [0.25, 0.3) is 0 Å². The third-order valence-electron chi connectivity index (χ3n) is 3.40. The van der Waals surface area contributed by atoms with Crippen molar-refractivity contribution in [3.63, 3.8) is 0 Å². The van der Waals surface area contributed by atoms with Gasteiger partial charge in [-0.25, -0.2) is 5.43 Å². The van der Waals surface area contributed by atoms with Gasteiger partial charge >= 0.3 is 11.8 Å². The largest absolute Gasteiger partial charge is 0.493 e. The van der Waals surface area contributed by atoms with E-state index in [4.69, 9.17) is 25.8 Å². The Balaban J connectivity index is 2.05. The zero-order valence-electron chi connectivity index (χ0n) is 14.9. The molecule has 0 spiro atoms. The number of nitrogens with zero attached hydrogens (tertiary/aromatic N) is 1. The van der Waals surface area contributed by atoms with Crippen LogP contribution >= 0.6 is 11.6 Å². The van der Waals surface area contributed by atoms with Gasteiger partial charge in [-0.05, 0) is 24.3 Å². The molecule has 0 atom stereocenters. The predicted molar refractivity (Wildman–Crippen MR) is 102 cm³/mol. The summed E-state index contributed by atoms with van der Waals surface area (Å²) in [7, 11) is 4.46. The van der Waals surface area contributed by atoms with Crippen molar-refractivity contribution < 1.29 is 23.8 Å². The summed E-state index contributed by atoms with van der Waals surface area (Å²) < 4.78 is 15.7. The average Bonchev–Trinajstić information content (AvgIpc) is 2.68. The van der Waals surface area contributed by atoms with E-state index in [0.29, 0.717) is 33.5 Å². The average molecular weight is 392 g/mol. The fourth-order valence-electron chi connectivity index (χ4n) is 2.13. The number of hydrogen-bond acceptors (Lipinski definition) is 6. The van der Waals surface area contributed by atoms with Crippen LogP contribution in [0, 0.1) is 0 Å². The van der Waals surface area contributed by atoms with E-state index < -0.39 is 11.8 Å². The van der Waals surface area contributed by atoms with Gasteiger partial charge in [0.2, 0.25) is 5.75 Å². The minimum Gasteiger partial charge on any atom is -0.493 e. The van der Waals surface area contributed by atoms with Crippen molar-refractivity contribution in [1.29, 1.82) is 0 Å². The monoisotopic (exact) mass is 391 g/mol.